The van der Waals surface area contributed by atoms with Crippen LogP contribution in [-0.4, -0.2) is 19.9 Å². The molecule has 7 nitrogen and oxygen atoms in total. The SMILES string of the molecule is NCc1cn(-c2c(F)cccc2[N+](=O)[O-])nn1. The van der Waals surface area contributed by atoms with Gasteiger partial charge in [-0.2, -0.15) is 0 Å². The van der Waals surface area contributed by atoms with Gasteiger partial charge in [-0.15, -0.1) is 5.10 Å². The van der Waals surface area contributed by atoms with E-state index in [1.165, 1.54) is 18.3 Å². The molecule has 0 saturated heterocycles. The molecule has 0 bridgehead atoms. The number of nitrogens with two attached hydrogens (primary N) is 1. The van der Waals surface area contributed by atoms with Crippen LogP contribution in [0, 0.1) is 15.9 Å². The van der Waals surface area contributed by atoms with Crippen LogP contribution < -0.4 is 5.73 Å². The molecule has 0 aliphatic heterocycles. The van der Waals surface area contributed by atoms with Crippen molar-refractivity contribution in [1.29, 1.82) is 0 Å². The van der Waals surface area contributed by atoms with Crippen LogP contribution in [0.2, 0.25) is 0 Å². The van der Waals surface area contributed by atoms with E-state index < -0.39 is 10.7 Å². The van der Waals surface area contributed by atoms with Crippen molar-refractivity contribution in [2.24, 2.45) is 5.73 Å². The van der Waals surface area contributed by atoms with Gasteiger partial charge in [-0.1, -0.05) is 11.3 Å². The zero-order chi connectivity index (χ0) is 12.4. The molecule has 17 heavy (non-hydrogen) atoms. The van der Waals surface area contributed by atoms with Gasteiger partial charge >= 0.3 is 0 Å². The molecule has 0 fully saturated rings. The summed E-state index contributed by atoms with van der Waals surface area (Å²) < 4.78 is 14.6. The zero-order valence-corrected chi connectivity index (χ0v) is 8.58. The fourth-order valence-corrected chi connectivity index (χ4v) is 1.38. The zero-order valence-electron chi connectivity index (χ0n) is 8.58. The van der Waals surface area contributed by atoms with E-state index in [9.17, 15) is 14.5 Å². The first-order valence-electron chi connectivity index (χ1n) is 4.68. The Balaban J connectivity index is 2.61. The predicted octanol–water partition coefficient (Wildman–Crippen LogP) is 0.773. The third-order valence-corrected chi connectivity index (χ3v) is 2.14. The Labute approximate surface area is 94.8 Å². The fourth-order valence-electron chi connectivity index (χ4n) is 1.38. The van der Waals surface area contributed by atoms with Crippen molar-refractivity contribution in [1.82, 2.24) is 15.0 Å². The number of hydrogen-bond acceptors (Lipinski definition) is 5. The minimum atomic E-state index is -0.743. The van der Waals surface area contributed by atoms with Crippen LogP contribution in [0.4, 0.5) is 10.1 Å². The van der Waals surface area contributed by atoms with Gasteiger partial charge in [-0.25, -0.2) is 9.07 Å². The van der Waals surface area contributed by atoms with E-state index in [4.69, 9.17) is 5.73 Å². The summed E-state index contributed by atoms with van der Waals surface area (Å²) in [6.07, 6.45) is 1.35. The number of rotatable bonds is 3. The van der Waals surface area contributed by atoms with Crippen LogP contribution >= 0.6 is 0 Å². The summed E-state index contributed by atoms with van der Waals surface area (Å²) in [6, 6.07) is 3.58. The number of halogens is 1. The van der Waals surface area contributed by atoms with E-state index in [1.807, 2.05) is 0 Å². The quantitative estimate of drug-likeness (QED) is 0.627. The predicted molar refractivity (Wildman–Crippen MR) is 55.9 cm³/mol. The van der Waals surface area contributed by atoms with Crippen LogP contribution in [0.1, 0.15) is 5.69 Å². The fraction of sp³-hybridized carbons (Fsp3) is 0.111. The largest absolute Gasteiger partial charge is 0.325 e. The molecule has 0 saturated carbocycles. The number of hydrogen-bond donors (Lipinski definition) is 1. The lowest BCUT2D eigenvalue weighted by atomic mass is 10.2. The highest BCUT2D eigenvalue weighted by Crippen LogP contribution is 2.24. The van der Waals surface area contributed by atoms with Crippen molar-refractivity contribution in [2.75, 3.05) is 0 Å². The number of nitro groups is 1. The van der Waals surface area contributed by atoms with Gasteiger partial charge in [0.15, 0.2) is 11.5 Å². The maximum Gasteiger partial charge on any atom is 0.297 e. The summed E-state index contributed by atoms with van der Waals surface area (Å²) in [7, 11) is 0. The maximum atomic E-state index is 13.6. The summed E-state index contributed by atoms with van der Waals surface area (Å²) >= 11 is 0. The lowest BCUT2D eigenvalue weighted by Crippen LogP contribution is -2.03. The number of benzene rings is 1. The van der Waals surface area contributed by atoms with Crippen molar-refractivity contribution < 1.29 is 9.31 Å². The molecule has 0 spiro atoms. The molecule has 1 aromatic carbocycles. The van der Waals surface area contributed by atoms with Crippen molar-refractivity contribution in [3.8, 4) is 5.69 Å². The second-order valence-electron chi connectivity index (χ2n) is 3.22. The van der Waals surface area contributed by atoms with Gasteiger partial charge in [0.05, 0.1) is 16.8 Å². The van der Waals surface area contributed by atoms with Crippen LogP contribution in [-0.2, 0) is 6.54 Å². The van der Waals surface area contributed by atoms with Crippen molar-refractivity contribution in [2.45, 2.75) is 6.54 Å². The number of para-hydroxylation sites is 1. The molecular formula is C9H8FN5O2. The Morgan fingerprint density at radius 1 is 1.53 bits per heavy atom. The Morgan fingerprint density at radius 3 is 2.88 bits per heavy atom. The second kappa shape index (κ2) is 4.26. The van der Waals surface area contributed by atoms with Gasteiger partial charge < -0.3 is 5.73 Å². The van der Waals surface area contributed by atoms with Gasteiger partial charge in [0.1, 0.15) is 0 Å². The van der Waals surface area contributed by atoms with Crippen molar-refractivity contribution >= 4 is 5.69 Å². The van der Waals surface area contributed by atoms with Crippen LogP contribution in [0.3, 0.4) is 0 Å². The molecular weight excluding hydrogens is 229 g/mol. The Morgan fingerprint density at radius 2 is 2.29 bits per heavy atom. The number of nitro benzene ring substituents is 1. The lowest BCUT2D eigenvalue weighted by molar-refractivity contribution is -0.384. The highest BCUT2D eigenvalue weighted by Gasteiger charge is 2.20. The molecule has 88 valence electrons. The normalized spacial score (nSPS) is 10.5. The molecule has 1 heterocycles. The van der Waals surface area contributed by atoms with E-state index in [1.54, 1.807) is 0 Å². The molecule has 0 unspecified atom stereocenters. The van der Waals surface area contributed by atoms with E-state index in [2.05, 4.69) is 10.3 Å². The highest BCUT2D eigenvalue weighted by molar-refractivity contribution is 5.52. The van der Waals surface area contributed by atoms with Gasteiger partial charge in [-0.3, -0.25) is 10.1 Å². The topological polar surface area (TPSA) is 99.9 Å². The van der Waals surface area contributed by atoms with Crippen LogP contribution in [0.5, 0.6) is 0 Å². The third-order valence-electron chi connectivity index (χ3n) is 2.14. The molecule has 0 aliphatic carbocycles. The smallest absolute Gasteiger partial charge is 0.297 e. The molecule has 0 amide bonds. The summed E-state index contributed by atoms with van der Waals surface area (Å²) in [5.41, 5.74) is 5.13. The summed E-state index contributed by atoms with van der Waals surface area (Å²) in [4.78, 5) is 10.1. The third kappa shape index (κ3) is 1.97. The number of nitrogens with zero attached hydrogens (tertiary/aromatic N) is 4. The standard InChI is InChI=1S/C9H8FN5O2/c10-7-2-1-3-8(15(16)17)9(7)14-5-6(4-11)12-13-14/h1-3,5H,4,11H2. The molecule has 0 radical (unpaired) electrons. The average molecular weight is 237 g/mol. The molecule has 1 aromatic heterocycles. The van der Waals surface area contributed by atoms with Crippen molar-refractivity contribution in [3.63, 3.8) is 0 Å². The minimum Gasteiger partial charge on any atom is -0.325 e. The van der Waals surface area contributed by atoms with E-state index in [-0.39, 0.29) is 17.9 Å². The van der Waals surface area contributed by atoms with Gasteiger partial charge in [0, 0.05) is 12.6 Å². The Bertz CT molecular complexity index is 568. The Hall–Kier alpha value is -2.35. The molecule has 0 atom stereocenters. The first kappa shape index (κ1) is 11.1. The van der Waals surface area contributed by atoms with Crippen LogP contribution in [0.15, 0.2) is 24.4 Å². The maximum absolute atomic E-state index is 13.6. The highest BCUT2D eigenvalue weighted by atomic mass is 19.1. The van der Waals surface area contributed by atoms with Gasteiger partial charge in [0.25, 0.3) is 5.69 Å². The minimum absolute atomic E-state index is 0.127. The lowest BCUT2D eigenvalue weighted by Gasteiger charge is -2.02. The monoisotopic (exact) mass is 237 g/mol. The molecule has 2 aromatic rings. The van der Waals surface area contributed by atoms with Gasteiger partial charge in [-0.05, 0) is 6.07 Å². The van der Waals surface area contributed by atoms with E-state index >= 15 is 0 Å². The second-order valence-corrected chi connectivity index (χ2v) is 3.22. The molecule has 0 aliphatic rings. The van der Waals surface area contributed by atoms with Crippen LogP contribution in [0.25, 0.3) is 5.69 Å². The summed E-state index contributed by atoms with van der Waals surface area (Å²) in [5.74, 6) is -0.743. The average Bonchev–Trinajstić information content (AvgIpc) is 2.76. The summed E-state index contributed by atoms with van der Waals surface area (Å²) in [6.45, 7) is 0.127. The molecule has 8 heteroatoms. The Kier molecular flexibility index (Phi) is 2.79. The van der Waals surface area contributed by atoms with E-state index in [0.717, 1.165) is 10.7 Å². The number of aromatic nitrogens is 3. The van der Waals surface area contributed by atoms with Crippen molar-refractivity contribution in [3.05, 3.63) is 46.0 Å². The van der Waals surface area contributed by atoms with Gasteiger partial charge in [0.2, 0.25) is 0 Å². The first-order chi connectivity index (χ1) is 8.13. The molecule has 2 rings (SSSR count). The van der Waals surface area contributed by atoms with E-state index in [0.29, 0.717) is 5.69 Å². The molecule has 2 N–H and O–H groups in total. The summed E-state index contributed by atoms with van der Waals surface area (Å²) in [5, 5.41) is 18.0. The first-order valence-corrected chi connectivity index (χ1v) is 4.68.